The molecule has 0 saturated heterocycles. The van der Waals surface area contributed by atoms with Crippen LogP contribution in [-0.2, 0) is 0 Å². The van der Waals surface area contributed by atoms with Crippen molar-refractivity contribution in [2.45, 2.75) is 0 Å². The predicted molar refractivity (Wildman–Crippen MR) is 144 cm³/mol. The Morgan fingerprint density at radius 1 is 0.667 bits per heavy atom. The molecule has 1 amide bonds. The maximum absolute atomic E-state index is 13.3. The van der Waals surface area contributed by atoms with Crippen molar-refractivity contribution in [2.75, 3.05) is 0 Å². The van der Waals surface area contributed by atoms with Gasteiger partial charge in [0.05, 0.1) is 0 Å². The van der Waals surface area contributed by atoms with Crippen LogP contribution in [-0.4, -0.2) is 5.91 Å². The molecule has 0 spiro atoms. The van der Waals surface area contributed by atoms with Crippen LogP contribution in [0.15, 0.2) is 126 Å². The molecule has 0 aliphatic rings. The van der Waals surface area contributed by atoms with E-state index in [0.717, 1.165) is 15.9 Å². The Morgan fingerprint density at radius 2 is 1.06 bits per heavy atom. The van der Waals surface area contributed by atoms with Gasteiger partial charge in [-0.2, -0.15) is 0 Å². The second kappa shape index (κ2) is 9.71. The summed E-state index contributed by atoms with van der Waals surface area (Å²) in [7, 11) is 0. The molecule has 33 heavy (non-hydrogen) atoms. The standard InChI is InChI=1S/C27H21Cl3NOP/c28-20-26(31-27(32)21-16-18-22(29)19-17-21)33(30,23-10-4-1-5-11-23,24-12-6-2-7-13-24)25-14-8-3-9-15-25/h1-20H,(H,31,32)/b26-20-. The number of carbonyl (C=O) groups is 1. The van der Waals surface area contributed by atoms with Crippen molar-refractivity contribution in [1.29, 1.82) is 0 Å². The first-order valence-corrected chi connectivity index (χ1v) is 14.2. The number of rotatable bonds is 6. The molecule has 0 fully saturated rings. The molecule has 166 valence electrons. The molecule has 2 nitrogen and oxygen atoms in total. The van der Waals surface area contributed by atoms with Gasteiger partial charge in [-0.25, -0.2) is 0 Å². The van der Waals surface area contributed by atoms with E-state index in [1.54, 1.807) is 24.3 Å². The molecule has 1 N–H and O–H groups in total. The predicted octanol–water partition coefficient (Wildman–Crippen LogP) is 6.79. The third-order valence-corrected chi connectivity index (χ3v) is 13.5. The zero-order valence-electron chi connectivity index (χ0n) is 17.5. The van der Waals surface area contributed by atoms with E-state index in [1.807, 2.05) is 91.0 Å². The topological polar surface area (TPSA) is 29.1 Å². The van der Waals surface area contributed by atoms with E-state index in [-0.39, 0.29) is 5.91 Å². The number of hydrogen-bond acceptors (Lipinski definition) is 1. The van der Waals surface area contributed by atoms with Gasteiger partial charge in [0.1, 0.15) is 0 Å². The van der Waals surface area contributed by atoms with E-state index in [9.17, 15) is 4.79 Å². The van der Waals surface area contributed by atoms with E-state index in [4.69, 9.17) is 34.4 Å². The van der Waals surface area contributed by atoms with Gasteiger partial charge in [0.15, 0.2) is 0 Å². The van der Waals surface area contributed by atoms with E-state index in [2.05, 4.69) is 5.32 Å². The number of halogens is 3. The zero-order chi connectivity index (χ0) is 23.3. The summed E-state index contributed by atoms with van der Waals surface area (Å²) in [5, 5.41) is 6.20. The molecular formula is C27H21Cl3NOP. The molecule has 4 aromatic carbocycles. The van der Waals surface area contributed by atoms with Crippen molar-refractivity contribution in [3.05, 3.63) is 137 Å². The van der Waals surface area contributed by atoms with Crippen LogP contribution in [0.3, 0.4) is 0 Å². The Morgan fingerprint density at radius 3 is 1.42 bits per heavy atom. The van der Waals surface area contributed by atoms with Crippen LogP contribution in [0.25, 0.3) is 0 Å². The summed E-state index contributed by atoms with van der Waals surface area (Å²) < 4.78 is 0. The fourth-order valence-corrected chi connectivity index (χ4v) is 10.6. The minimum atomic E-state index is -3.94. The SMILES string of the molecule is O=C(N/C(=C/Cl)P(Cl)(c1ccccc1)(c1ccccc1)c1ccccc1)c1ccc(Cl)cc1. The van der Waals surface area contributed by atoms with Gasteiger partial charge in [-0.3, -0.25) is 0 Å². The van der Waals surface area contributed by atoms with Crippen LogP contribution in [0, 0.1) is 0 Å². The van der Waals surface area contributed by atoms with Crippen molar-refractivity contribution in [3.8, 4) is 0 Å². The summed E-state index contributed by atoms with van der Waals surface area (Å²) in [6, 6.07) is 36.1. The zero-order valence-corrected chi connectivity index (χ0v) is 20.7. The van der Waals surface area contributed by atoms with Gasteiger partial charge in [0, 0.05) is 0 Å². The Hall–Kier alpha value is -2.61. The van der Waals surface area contributed by atoms with E-state index < -0.39 is 5.96 Å². The van der Waals surface area contributed by atoms with Crippen LogP contribution < -0.4 is 21.2 Å². The van der Waals surface area contributed by atoms with Gasteiger partial charge in [-0.05, 0) is 0 Å². The summed E-state index contributed by atoms with van der Waals surface area (Å²) in [5.41, 5.74) is 2.28. The first-order valence-electron chi connectivity index (χ1n) is 10.3. The first kappa shape index (κ1) is 23.5. The third-order valence-electron chi connectivity index (χ3n) is 5.63. The van der Waals surface area contributed by atoms with Gasteiger partial charge in [0.25, 0.3) is 0 Å². The summed E-state index contributed by atoms with van der Waals surface area (Å²) >= 11 is 20.5. The monoisotopic (exact) mass is 511 g/mol. The molecule has 0 bridgehead atoms. The molecule has 6 heteroatoms. The van der Waals surface area contributed by atoms with Crippen LogP contribution in [0.2, 0.25) is 5.02 Å². The Labute approximate surface area is 208 Å². The molecule has 0 aliphatic heterocycles. The quantitative estimate of drug-likeness (QED) is 0.283. The van der Waals surface area contributed by atoms with Crippen molar-refractivity contribution >= 4 is 62.2 Å². The molecule has 0 aliphatic carbocycles. The van der Waals surface area contributed by atoms with E-state index in [1.165, 1.54) is 5.54 Å². The summed E-state index contributed by atoms with van der Waals surface area (Å²) in [5.74, 6) is -4.26. The van der Waals surface area contributed by atoms with Gasteiger partial charge in [-0.1, -0.05) is 0 Å². The number of benzene rings is 4. The molecule has 0 saturated carbocycles. The number of carbonyl (C=O) groups excluding carboxylic acids is 1. The number of nitrogens with one attached hydrogen (secondary N) is 1. The fourth-order valence-electron chi connectivity index (χ4n) is 4.00. The van der Waals surface area contributed by atoms with Crippen molar-refractivity contribution < 1.29 is 4.79 Å². The fraction of sp³-hybridized carbons (Fsp3) is 0. The minimum absolute atomic E-state index is 0.323. The van der Waals surface area contributed by atoms with Gasteiger partial charge in [-0.15, -0.1) is 0 Å². The second-order valence-corrected chi connectivity index (χ2v) is 14.2. The average molecular weight is 513 g/mol. The molecule has 0 unspecified atom stereocenters. The van der Waals surface area contributed by atoms with Crippen LogP contribution in [0.5, 0.6) is 0 Å². The molecule has 0 atom stereocenters. The number of hydrogen-bond donors (Lipinski definition) is 1. The first-order chi connectivity index (χ1) is 16.0. The van der Waals surface area contributed by atoms with Crippen molar-refractivity contribution in [2.24, 2.45) is 0 Å². The summed E-state index contributed by atoms with van der Waals surface area (Å²) in [4.78, 5) is 13.3. The molecule has 0 aromatic heterocycles. The summed E-state index contributed by atoms with van der Waals surface area (Å²) in [6.45, 7) is 0. The van der Waals surface area contributed by atoms with Gasteiger partial charge >= 0.3 is 209 Å². The molecule has 0 radical (unpaired) electrons. The Bertz CT molecular complexity index is 1180. The summed E-state index contributed by atoms with van der Waals surface area (Å²) in [6.07, 6.45) is 0. The van der Waals surface area contributed by atoms with Gasteiger partial charge < -0.3 is 0 Å². The number of amides is 1. The molecular weight excluding hydrogens is 492 g/mol. The van der Waals surface area contributed by atoms with Crippen molar-refractivity contribution in [3.63, 3.8) is 0 Å². The van der Waals surface area contributed by atoms with E-state index in [0.29, 0.717) is 16.0 Å². The van der Waals surface area contributed by atoms with Crippen LogP contribution in [0.4, 0.5) is 0 Å². The van der Waals surface area contributed by atoms with Crippen LogP contribution >= 0.6 is 40.4 Å². The average Bonchev–Trinajstić information content (AvgIpc) is 2.88. The van der Waals surface area contributed by atoms with E-state index >= 15 is 0 Å². The molecule has 4 aromatic rings. The Balaban J connectivity index is 2.01. The normalized spacial score (nSPS) is 13.1. The maximum atomic E-state index is 13.3. The van der Waals surface area contributed by atoms with Crippen molar-refractivity contribution in [1.82, 2.24) is 5.32 Å². The molecule has 0 heterocycles. The third kappa shape index (κ3) is 4.09. The second-order valence-electron chi connectivity index (χ2n) is 7.47. The van der Waals surface area contributed by atoms with Gasteiger partial charge in [0.2, 0.25) is 0 Å². The Kier molecular flexibility index (Phi) is 6.93. The van der Waals surface area contributed by atoms with Crippen LogP contribution in [0.1, 0.15) is 10.4 Å². The molecule has 4 rings (SSSR count).